The standard InChI is InChI=1S/C18H29NO/c1-13(2)11-16-5-7-17(8-6-16)14(3)19-12-18-9-10-20-15(18)4/h5-8,13-15,18-19H,9-12H2,1-4H3. The van der Waals surface area contributed by atoms with E-state index in [1.807, 2.05) is 0 Å². The first-order chi connectivity index (χ1) is 9.56. The first-order valence-corrected chi connectivity index (χ1v) is 8.00. The van der Waals surface area contributed by atoms with Crippen molar-refractivity contribution < 1.29 is 4.74 Å². The Bertz CT molecular complexity index is 398. The molecule has 0 aromatic heterocycles. The number of hydrogen-bond donors (Lipinski definition) is 1. The van der Waals surface area contributed by atoms with Gasteiger partial charge in [0.2, 0.25) is 0 Å². The third-order valence-corrected chi connectivity index (χ3v) is 4.34. The molecule has 1 aromatic carbocycles. The maximum Gasteiger partial charge on any atom is 0.0588 e. The molecular weight excluding hydrogens is 246 g/mol. The fourth-order valence-electron chi connectivity index (χ4n) is 2.90. The third-order valence-electron chi connectivity index (χ3n) is 4.34. The molecule has 0 aliphatic carbocycles. The van der Waals surface area contributed by atoms with Crippen molar-refractivity contribution in [2.75, 3.05) is 13.2 Å². The van der Waals surface area contributed by atoms with E-state index in [4.69, 9.17) is 4.74 Å². The summed E-state index contributed by atoms with van der Waals surface area (Å²) in [6.45, 7) is 10.9. The minimum absolute atomic E-state index is 0.406. The molecule has 1 aliphatic heterocycles. The van der Waals surface area contributed by atoms with E-state index in [1.165, 1.54) is 24.0 Å². The molecule has 2 nitrogen and oxygen atoms in total. The monoisotopic (exact) mass is 275 g/mol. The van der Waals surface area contributed by atoms with Gasteiger partial charge in [0.15, 0.2) is 0 Å². The van der Waals surface area contributed by atoms with Crippen LogP contribution in [0.4, 0.5) is 0 Å². The van der Waals surface area contributed by atoms with Crippen molar-refractivity contribution in [3.8, 4) is 0 Å². The zero-order valence-corrected chi connectivity index (χ0v) is 13.4. The van der Waals surface area contributed by atoms with E-state index in [-0.39, 0.29) is 0 Å². The van der Waals surface area contributed by atoms with Crippen LogP contribution in [0.5, 0.6) is 0 Å². The van der Waals surface area contributed by atoms with E-state index in [2.05, 4.69) is 57.3 Å². The van der Waals surface area contributed by atoms with Crippen LogP contribution in [0.15, 0.2) is 24.3 Å². The highest BCUT2D eigenvalue weighted by Gasteiger charge is 2.24. The van der Waals surface area contributed by atoms with Crippen molar-refractivity contribution in [1.29, 1.82) is 0 Å². The second-order valence-electron chi connectivity index (χ2n) is 6.59. The highest BCUT2D eigenvalue weighted by molar-refractivity contribution is 5.25. The average Bonchev–Trinajstić information content (AvgIpc) is 2.82. The van der Waals surface area contributed by atoms with Gasteiger partial charge in [0.25, 0.3) is 0 Å². The molecule has 20 heavy (non-hydrogen) atoms. The van der Waals surface area contributed by atoms with Gasteiger partial charge in [-0.05, 0) is 49.7 Å². The predicted molar refractivity (Wildman–Crippen MR) is 84.9 cm³/mol. The fraction of sp³-hybridized carbons (Fsp3) is 0.667. The van der Waals surface area contributed by atoms with Crippen molar-refractivity contribution in [2.24, 2.45) is 11.8 Å². The lowest BCUT2D eigenvalue weighted by Gasteiger charge is -2.20. The van der Waals surface area contributed by atoms with Crippen molar-refractivity contribution in [3.63, 3.8) is 0 Å². The summed E-state index contributed by atoms with van der Waals surface area (Å²) in [5.41, 5.74) is 2.82. The van der Waals surface area contributed by atoms with Gasteiger partial charge in [0, 0.05) is 19.2 Å². The predicted octanol–water partition coefficient (Wildman–Crippen LogP) is 3.96. The van der Waals surface area contributed by atoms with Crippen LogP contribution in [-0.2, 0) is 11.2 Å². The largest absolute Gasteiger partial charge is 0.378 e. The van der Waals surface area contributed by atoms with E-state index >= 15 is 0 Å². The Kier molecular flexibility index (Phi) is 5.62. The molecule has 1 aromatic rings. The van der Waals surface area contributed by atoms with Gasteiger partial charge in [-0.2, -0.15) is 0 Å². The number of rotatable bonds is 6. The fourth-order valence-corrected chi connectivity index (χ4v) is 2.90. The van der Waals surface area contributed by atoms with Gasteiger partial charge in [-0.25, -0.2) is 0 Å². The average molecular weight is 275 g/mol. The minimum Gasteiger partial charge on any atom is -0.378 e. The van der Waals surface area contributed by atoms with E-state index in [1.54, 1.807) is 0 Å². The summed E-state index contributed by atoms with van der Waals surface area (Å²) >= 11 is 0. The number of hydrogen-bond acceptors (Lipinski definition) is 2. The summed E-state index contributed by atoms with van der Waals surface area (Å²) in [6.07, 6.45) is 2.76. The van der Waals surface area contributed by atoms with Gasteiger partial charge in [-0.3, -0.25) is 0 Å². The second-order valence-corrected chi connectivity index (χ2v) is 6.59. The molecule has 3 atom stereocenters. The maximum atomic E-state index is 5.62. The van der Waals surface area contributed by atoms with Gasteiger partial charge in [0.1, 0.15) is 0 Å². The Labute approximate surface area is 123 Å². The van der Waals surface area contributed by atoms with Crippen molar-refractivity contribution in [1.82, 2.24) is 5.32 Å². The zero-order valence-electron chi connectivity index (χ0n) is 13.4. The normalized spacial score (nSPS) is 24.2. The molecule has 1 aliphatic rings. The lowest BCUT2D eigenvalue weighted by molar-refractivity contribution is 0.105. The summed E-state index contributed by atoms with van der Waals surface area (Å²) in [7, 11) is 0. The second kappa shape index (κ2) is 7.24. The van der Waals surface area contributed by atoms with Gasteiger partial charge >= 0.3 is 0 Å². The van der Waals surface area contributed by atoms with Crippen LogP contribution in [0.1, 0.15) is 51.3 Å². The van der Waals surface area contributed by atoms with Crippen LogP contribution >= 0.6 is 0 Å². The Morgan fingerprint density at radius 3 is 2.45 bits per heavy atom. The third kappa shape index (κ3) is 4.32. The molecule has 0 amide bonds. The molecule has 112 valence electrons. The molecule has 1 N–H and O–H groups in total. The topological polar surface area (TPSA) is 21.3 Å². The molecular formula is C18H29NO. The molecule has 0 spiro atoms. The Morgan fingerprint density at radius 2 is 1.90 bits per heavy atom. The Hall–Kier alpha value is -0.860. The minimum atomic E-state index is 0.406. The lowest BCUT2D eigenvalue weighted by atomic mass is 9.99. The van der Waals surface area contributed by atoms with Gasteiger partial charge in [-0.15, -0.1) is 0 Å². The van der Waals surface area contributed by atoms with E-state index in [0.717, 1.165) is 19.1 Å². The highest BCUT2D eigenvalue weighted by Crippen LogP contribution is 2.21. The number of ether oxygens (including phenoxy) is 1. The maximum absolute atomic E-state index is 5.62. The Morgan fingerprint density at radius 1 is 1.20 bits per heavy atom. The smallest absolute Gasteiger partial charge is 0.0588 e. The van der Waals surface area contributed by atoms with Gasteiger partial charge in [0.05, 0.1) is 6.10 Å². The van der Waals surface area contributed by atoms with Crippen LogP contribution in [0.3, 0.4) is 0 Å². The first-order valence-electron chi connectivity index (χ1n) is 8.00. The molecule has 2 rings (SSSR count). The lowest BCUT2D eigenvalue weighted by Crippen LogP contribution is -2.29. The molecule has 0 radical (unpaired) electrons. The number of benzene rings is 1. The van der Waals surface area contributed by atoms with Crippen LogP contribution in [0.2, 0.25) is 0 Å². The summed E-state index contributed by atoms with van der Waals surface area (Å²) in [5.74, 6) is 1.39. The van der Waals surface area contributed by atoms with Crippen molar-refractivity contribution in [3.05, 3.63) is 35.4 Å². The van der Waals surface area contributed by atoms with Crippen LogP contribution in [0.25, 0.3) is 0 Å². The highest BCUT2D eigenvalue weighted by atomic mass is 16.5. The molecule has 0 saturated carbocycles. The molecule has 0 bridgehead atoms. The molecule has 1 heterocycles. The first kappa shape index (κ1) is 15.5. The summed E-state index contributed by atoms with van der Waals surface area (Å²) in [6, 6.07) is 9.49. The molecule has 1 saturated heterocycles. The number of nitrogens with one attached hydrogen (secondary N) is 1. The van der Waals surface area contributed by atoms with E-state index in [0.29, 0.717) is 18.1 Å². The van der Waals surface area contributed by atoms with Crippen LogP contribution < -0.4 is 5.32 Å². The summed E-state index contributed by atoms with van der Waals surface area (Å²) in [5, 5.41) is 3.65. The Balaban J connectivity index is 1.84. The van der Waals surface area contributed by atoms with Crippen LogP contribution in [0, 0.1) is 11.8 Å². The van der Waals surface area contributed by atoms with Crippen molar-refractivity contribution >= 4 is 0 Å². The van der Waals surface area contributed by atoms with E-state index in [9.17, 15) is 0 Å². The van der Waals surface area contributed by atoms with Crippen LogP contribution in [-0.4, -0.2) is 19.3 Å². The summed E-state index contributed by atoms with van der Waals surface area (Å²) < 4.78 is 5.62. The van der Waals surface area contributed by atoms with E-state index < -0.39 is 0 Å². The molecule has 1 fully saturated rings. The molecule has 3 unspecified atom stereocenters. The quantitative estimate of drug-likeness (QED) is 0.848. The SMILES string of the molecule is CC(C)Cc1ccc(C(C)NCC2CCOC2C)cc1. The molecule has 2 heteroatoms. The zero-order chi connectivity index (χ0) is 14.5. The van der Waals surface area contributed by atoms with Gasteiger partial charge < -0.3 is 10.1 Å². The van der Waals surface area contributed by atoms with Crippen molar-refractivity contribution in [2.45, 2.75) is 52.7 Å². The van der Waals surface area contributed by atoms with Gasteiger partial charge in [-0.1, -0.05) is 38.1 Å². The summed E-state index contributed by atoms with van der Waals surface area (Å²) in [4.78, 5) is 0.